The molecule has 18 heavy (non-hydrogen) atoms. The zero-order chi connectivity index (χ0) is 12.7. The van der Waals surface area contributed by atoms with Crippen LogP contribution < -0.4 is 4.90 Å². The Morgan fingerprint density at radius 3 is 2.39 bits per heavy atom. The number of fused-ring (bicyclic) bond motifs is 3. The molecule has 0 fully saturated rings. The first-order valence-electron chi connectivity index (χ1n) is 6.40. The Balaban J connectivity index is 2.45. The molecule has 3 aromatic rings. The molecule has 0 aliphatic carbocycles. The summed E-state index contributed by atoms with van der Waals surface area (Å²) >= 11 is 0. The van der Waals surface area contributed by atoms with Gasteiger partial charge in [-0.2, -0.15) is 0 Å². The van der Waals surface area contributed by atoms with E-state index < -0.39 is 0 Å². The van der Waals surface area contributed by atoms with Crippen molar-refractivity contribution in [3.8, 4) is 0 Å². The first-order valence-corrected chi connectivity index (χ1v) is 6.40. The molecule has 0 N–H and O–H groups in total. The third-order valence-electron chi connectivity index (χ3n) is 3.59. The van der Waals surface area contributed by atoms with Crippen molar-refractivity contribution in [2.24, 2.45) is 0 Å². The number of anilines is 1. The molecule has 2 aromatic carbocycles. The summed E-state index contributed by atoms with van der Waals surface area (Å²) in [6.07, 6.45) is 0. The van der Waals surface area contributed by atoms with Crippen molar-refractivity contribution in [1.82, 2.24) is 4.57 Å². The standard InChI is InChI=1S/C16H18N2/c1-4-18-15-8-6-5-7-13(15)14-11-12(17(2)3)9-10-16(14)18/h5-11H,4H2,1-3H3. The Hall–Kier alpha value is -1.96. The van der Waals surface area contributed by atoms with E-state index in [1.54, 1.807) is 0 Å². The predicted molar refractivity (Wildman–Crippen MR) is 79.4 cm³/mol. The molecule has 0 radical (unpaired) electrons. The van der Waals surface area contributed by atoms with Crippen LogP contribution in [0.1, 0.15) is 6.92 Å². The van der Waals surface area contributed by atoms with Crippen LogP contribution in [0, 0.1) is 0 Å². The molecular weight excluding hydrogens is 220 g/mol. The molecule has 0 bridgehead atoms. The second-order valence-electron chi connectivity index (χ2n) is 4.86. The summed E-state index contributed by atoms with van der Waals surface area (Å²) in [4.78, 5) is 2.15. The molecule has 0 aliphatic rings. The molecule has 1 aromatic heterocycles. The van der Waals surface area contributed by atoms with E-state index in [1.807, 2.05) is 0 Å². The van der Waals surface area contributed by atoms with Gasteiger partial charge in [-0.3, -0.25) is 0 Å². The van der Waals surface area contributed by atoms with E-state index >= 15 is 0 Å². The Kier molecular flexibility index (Phi) is 2.51. The van der Waals surface area contributed by atoms with E-state index in [1.165, 1.54) is 27.5 Å². The van der Waals surface area contributed by atoms with E-state index in [0.29, 0.717) is 0 Å². The van der Waals surface area contributed by atoms with E-state index in [2.05, 4.69) is 73.0 Å². The minimum absolute atomic E-state index is 1.01. The summed E-state index contributed by atoms with van der Waals surface area (Å²) < 4.78 is 2.38. The highest BCUT2D eigenvalue weighted by atomic mass is 15.1. The zero-order valence-corrected chi connectivity index (χ0v) is 11.1. The number of benzene rings is 2. The van der Waals surface area contributed by atoms with Crippen molar-refractivity contribution in [3.63, 3.8) is 0 Å². The van der Waals surface area contributed by atoms with Gasteiger partial charge in [0.2, 0.25) is 0 Å². The summed E-state index contributed by atoms with van der Waals surface area (Å²) in [5.74, 6) is 0. The van der Waals surface area contributed by atoms with Gasteiger partial charge in [0.05, 0.1) is 0 Å². The van der Waals surface area contributed by atoms with Crippen LogP contribution in [0.3, 0.4) is 0 Å². The van der Waals surface area contributed by atoms with Crippen molar-refractivity contribution >= 4 is 27.5 Å². The average Bonchev–Trinajstić information content (AvgIpc) is 2.71. The number of aryl methyl sites for hydroxylation is 1. The molecule has 0 atom stereocenters. The first-order chi connectivity index (χ1) is 8.72. The number of hydrogen-bond acceptors (Lipinski definition) is 1. The fourth-order valence-electron chi connectivity index (χ4n) is 2.66. The summed E-state index contributed by atoms with van der Waals surface area (Å²) in [7, 11) is 4.17. The largest absolute Gasteiger partial charge is 0.378 e. The van der Waals surface area contributed by atoms with Gasteiger partial charge in [0.25, 0.3) is 0 Å². The maximum atomic E-state index is 2.38. The van der Waals surface area contributed by atoms with Gasteiger partial charge >= 0.3 is 0 Å². The minimum Gasteiger partial charge on any atom is -0.378 e. The fourth-order valence-corrected chi connectivity index (χ4v) is 2.66. The second kappa shape index (κ2) is 4.05. The molecule has 1 heterocycles. The smallest absolute Gasteiger partial charge is 0.0492 e. The van der Waals surface area contributed by atoms with Crippen LogP contribution in [0.25, 0.3) is 21.8 Å². The molecule has 3 rings (SSSR count). The van der Waals surface area contributed by atoms with Crippen molar-refractivity contribution in [3.05, 3.63) is 42.5 Å². The van der Waals surface area contributed by atoms with Gasteiger partial charge in [-0.25, -0.2) is 0 Å². The number of nitrogens with zero attached hydrogens (tertiary/aromatic N) is 2. The highest BCUT2D eigenvalue weighted by molar-refractivity contribution is 6.09. The molecule has 0 saturated carbocycles. The number of aromatic nitrogens is 1. The summed E-state index contributed by atoms with van der Waals surface area (Å²) in [5, 5.41) is 2.69. The van der Waals surface area contributed by atoms with Crippen LogP contribution in [0.2, 0.25) is 0 Å². The molecule has 0 amide bonds. The average molecular weight is 238 g/mol. The van der Waals surface area contributed by atoms with Gasteiger partial charge in [0.15, 0.2) is 0 Å². The van der Waals surface area contributed by atoms with Gasteiger partial charge in [-0.05, 0) is 31.2 Å². The summed E-state index contributed by atoms with van der Waals surface area (Å²) in [6.45, 7) is 3.21. The zero-order valence-electron chi connectivity index (χ0n) is 11.1. The highest BCUT2D eigenvalue weighted by Crippen LogP contribution is 2.31. The Morgan fingerprint density at radius 2 is 1.67 bits per heavy atom. The third kappa shape index (κ3) is 1.49. The minimum atomic E-state index is 1.01. The van der Waals surface area contributed by atoms with Crippen LogP contribution in [-0.2, 0) is 6.54 Å². The number of rotatable bonds is 2. The second-order valence-corrected chi connectivity index (χ2v) is 4.86. The van der Waals surface area contributed by atoms with E-state index in [9.17, 15) is 0 Å². The lowest BCUT2D eigenvalue weighted by molar-refractivity contribution is 0.827. The molecule has 2 nitrogen and oxygen atoms in total. The van der Waals surface area contributed by atoms with E-state index in [4.69, 9.17) is 0 Å². The highest BCUT2D eigenvalue weighted by Gasteiger charge is 2.09. The molecule has 2 heteroatoms. The van der Waals surface area contributed by atoms with Gasteiger partial charge in [0, 0.05) is 48.1 Å². The van der Waals surface area contributed by atoms with Crippen molar-refractivity contribution < 1.29 is 0 Å². The molecule has 0 aliphatic heterocycles. The quantitative estimate of drug-likeness (QED) is 0.657. The SMILES string of the molecule is CCn1c2ccccc2c2cc(N(C)C)ccc21. The van der Waals surface area contributed by atoms with Crippen molar-refractivity contribution in [1.29, 1.82) is 0 Å². The topological polar surface area (TPSA) is 8.17 Å². The van der Waals surface area contributed by atoms with Crippen LogP contribution in [0.5, 0.6) is 0 Å². The predicted octanol–water partition coefficient (Wildman–Crippen LogP) is 3.88. The lowest BCUT2D eigenvalue weighted by atomic mass is 10.1. The lowest BCUT2D eigenvalue weighted by Crippen LogP contribution is -2.08. The van der Waals surface area contributed by atoms with Crippen LogP contribution >= 0.6 is 0 Å². The Labute approximate surface area is 107 Å². The normalized spacial score (nSPS) is 11.3. The van der Waals surface area contributed by atoms with Gasteiger partial charge in [0.1, 0.15) is 0 Å². The van der Waals surface area contributed by atoms with E-state index in [-0.39, 0.29) is 0 Å². The fraction of sp³-hybridized carbons (Fsp3) is 0.250. The molecule has 0 unspecified atom stereocenters. The Morgan fingerprint density at radius 1 is 0.944 bits per heavy atom. The molecule has 0 saturated heterocycles. The molecule has 0 spiro atoms. The number of para-hydroxylation sites is 1. The maximum Gasteiger partial charge on any atom is 0.0492 e. The lowest BCUT2D eigenvalue weighted by Gasteiger charge is -2.12. The van der Waals surface area contributed by atoms with E-state index in [0.717, 1.165) is 6.54 Å². The van der Waals surface area contributed by atoms with Crippen LogP contribution in [0.15, 0.2) is 42.5 Å². The summed E-state index contributed by atoms with van der Waals surface area (Å²) in [5.41, 5.74) is 3.90. The third-order valence-corrected chi connectivity index (χ3v) is 3.59. The van der Waals surface area contributed by atoms with Crippen molar-refractivity contribution in [2.45, 2.75) is 13.5 Å². The van der Waals surface area contributed by atoms with Gasteiger partial charge in [-0.1, -0.05) is 18.2 Å². The van der Waals surface area contributed by atoms with Crippen molar-refractivity contribution in [2.75, 3.05) is 19.0 Å². The van der Waals surface area contributed by atoms with Gasteiger partial charge in [-0.15, -0.1) is 0 Å². The van der Waals surface area contributed by atoms with Gasteiger partial charge < -0.3 is 9.47 Å². The maximum absolute atomic E-state index is 2.38. The monoisotopic (exact) mass is 238 g/mol. The molecular formula is C16H18N2. The summed E-state index contributed by atoms with van der Waals surface area (Å²) in [6, 6.07) is 15.3. The first kappa shape index (κ1) is 11.1. The Bertz CT molecular complexity index is 708. The van der Waals surface area contributed by atoms with Crippen LogP contribution in [0.4, 0.5) is 5.69 Å². The number of hydrogen-bond donors (Lipinski definition) is 0. The van der Waals surface area contributed by atoms with Crippen LogP contribution in [-0.4, -0.2) is 18.7 Å². The molecule has 92 valence electrons.